The molecule has 0 radical (unpaired) electrons. The maximum absolute atomic E-state index is 12.4. The summed E-state index contributed by atoms with van der Waals surface area (Å²) in [5.41, 5.74) is 0.974. The van der Waals surface area contributed by atoms with E-state index in [1.54, 1.807) is 4.90 Å². The lowest BCUT2D eigenvalue weighted by atomic mass is 9.94. The molecule has 1 aromatic rings. The standard InChI is InChI=1S/C17H23NO4/c19-16-8-4-7-14(16)15-12-21-10-9-18(15)17(20)22-11-13-5-2-1-3-6-13/h1-3,5-6,14-16,19H,4,7-12H2. The number of carbonyl (C=O) groups is 1. The summed E-state index contributed by atoms with van der Waals surface area (Å²) in [5.74, 6) is 0.101. The molecular weight excluding hydrogens is 282 g/mol. The van der Waals surface area contributed by atoms with Crippen molar-refractivity contribution in [3.63, 3.8) is 0 Å². The first-order valence-electron chi connectivity index (χ1n) is 7.99. The lowest BCUT2D eigenvalue weighted by Gasteiger charge is -2.39. The van der Waals surface area contributed by atoms with Crippen molar-refractivity contribution in [2.75, 3.05) is 19.8 Å². The fraction of sp³-hybridized carbons (Fsp3) is 0.588. The molecule has 3 atom stereocenters. The van der Waals surface area contributed by atoms with Gasteiger partial charge in [-0.25, -0.2) is 4.79 Å². The number of amides is 1. The molecule has 1 aromatic carbocycles. The third-order valence-corrected chi connectivity index (χ3v) is 4.63. The number of aliphatic hydroxyl groups excluding tert-OH is 1. The third kappa shape index (κ3) is 3.42. The van der Waals surface area contributed by atoms with E-state index in [0.717, 1.165) is 24.8 Å². The van der Waals surface area contributed by atoms with Gasteiger partial charge in [0, 0.05) is 12.5 Å². The Morgan fingerprint density at radius 1 is 1.32 bits per heavy atom. The highest BCUT2D eigenvalue weighted by molar-refractivity contribution is 5.68. The van der Waals surface area contributed by atoms with Gasteiger partial charge >= 0.3 is 6.09 Å². The number of carbonyl (C=O) groups excluding carboxylic acids is 1. The van der Waals surface area contributed by atoms with E-state index in [0.29, 0.717) is 19.8 Å². The van der Waals surface area contributed by atoms with Gasteiger partial charge < -0.3 is 19.5 Å². The molecule has 1 aliphatic carbocycles. The van der Waals surface area contributed by atoms with Crippen molar-refractivity contribution in [3.8, 4) is 0 Å². The van der Waals surface area contributed by atoms with Crippen molar-refractivity contribution in [2.45, 2.75) is 38.0 Å². The molecule has 2 fully saturated rings. The Labute approximate surface area is 130 Å². The Kier molecular flexibility index (Phi) is 4.95. The van der Waals surface area contributed by atoms with Gasteiger partial charge in [0.2, 0.25) is 0 Å². The molecule has 1 amide bonds. The van der Waals surface area contributed by atoms with E-state index < -0.39 is 0 Å². The Hall–Kier alpha value is -1.59. The lowest BCUT2D eigenvalue weighted by molar-refractivity contribution is -0.0466. The zero-order valence-corrected chi connectivity index (χ0v) is 12.7. The minimum absolute atomic E-state index is 0.0745. The Balaban J connectivity index is 1.61. The summed E-state index contributed by atoms with van der Waals surface area (Å²) in [5, 5.41) is 10.1. The average molecular weight is 305 g/mol. The second kappa shape index (κ2) is 7.11. The van der Waals surface area contributed by atoms with Gasteiger partial charge in [-0.3, -0.25) is 0 Å². The molecule has 1 saturated heterocycles. The molecule has 22 heavy (non-hydrogen) atoms. The normalized spacial score (nSPS) is 28.6. The van der Waals surface area contributed by atoms with Gasteiger partial charge in [0.1, 0.15) is 6.61 Å². The van der Waals surface area contributed by atoms with Crippen LogP contribution in [0.3, 0.4) is 0 Å². The molecule has 1 heterocycles. The van der Waals surface area contributed by atoms with E-state index in [-0.39, 0.29) is 30.8 Å². The Bertz CT molecular complexity index is 493. The largest absolute Gasteiger partial charge is 0.445 e. The molecule has 120 valence electrons. The highest BCUT2D eigenvalue weighted by Crippen LogP contribution is 2.32. The van der Waals surface area contributed by atoms with Crippen LogP contribution in [0, 0.1) is 5.92 Å². The van der Waals surface area contributed by atoms with Gasteiger partial charge in [-0.2, -0.15) is 0 Å². The summed E-state index contributed by atoms with van der Waals surface area (Å²) in [6.45, 7) is 1.82. The van der Waals surface area contributed by atoms with Crippen LogP contribution in [0.5, 0.6) is 0 Å². The number of hydrogen-bond donors (Lipinski definition) is 1. The predicted molar refractivity (Wildman–Crippen MR) is 81.3 cm³/mol. The molecule has 0 aromatic heterocycles. The van der Waals surface area contributed by atoms with E-state index in [1.807, 2.05) is 30.3 Å². The smallest absolute Gasteiger partial charge is 0.410 e. The highest BCUT2D eigenvalue weighted by Gasteiger charge is 2.40. The number of ether oxygens (including phenoxy) is 2. The van der Waals surface area contributed by atoms with Gasteiger partial charge in [0.25, 0.3) is 0 Å². The summed E-state index contributed by atoms with van der Waals surface area (Å²) < 4.78 is 11.0. The van der Waals surface area contributed by atoms with Crippen LogP contribution in [0.2, 0.25) is 0 Å². The summed E-state index contributed by atoms with van der Waals surface area (Å²) >= 11 is 0. The summed E-state index contributed by atoms with van der Waals surface area (Å²) in [4.78, 5) is 14.2. The number of rotatable bonds is 3. The quantitative estimate of drug-likeness (QED) is 0.930. The fourth-order valence-electron chi connectivity index (χ4n) is 3.42. The number of hydrogen-bond acceptors (Lipinski definition) is 4. The average Bonchev–Trinajstić information content (AvgIpc) is 2.99. The maximum Gasteiger partial charge on any atom is 0.410 e. The van der Waals surface area contributed by atoms with Crippen LogP contribution in [0.1, 0.15) is 24.8 Å². The molecule has 5 nitrogen and oxygen atoms in total. The number of aliphatic hydroxyl groups is 1. The van der Waals surface area contributed by atoms with Crippen molar-refractivity contribution in [1.29, 1.82) is 0 Å². The highest BCUT2D eigenvalue weighted by atomic mass is 16.6. The van der Waals surface area contributed by atoms with Gasteiger partial charge in [0.15, 0.2) is 0 Å². The predicted octanol–water partition coefficient (Wildman–Crippen LogP) is 2.19. The van der Waals surface area contributed by atoms with Crippen LogP contribution in [0.25, 0.3) is 0 Å². The van der Waals surface area contributed by atoms with Crippen molar-refractivity contribution in [3.05, 3.63) is 35.9 Å². The monoisotopic (exact) mass is 305 g/mol. The van der Waals surface area contributed by atoms with Crippen LogP contribution in [-0.2, 0) is 16.1 Å². The Morgan fingerprint density at radius 2 is 2.14 bits per heavy atom. The summed E-state index contributed by atoms with van der Waals surface area (Å²) in [6, 6.07) is 9.58. The van der Waals surface area contributed by atoms with E-state index >= 15 is 0 Å². The van der Waals surface area contributed by atoms with E-state index in [4.69, 9.17) is 9.47 Å². The molecule has 1 saturated carbocycles. The van der Waals surface area contributed by atoms with Crippen LogP contribution in [0.4, 0.5) is 4.79 Å². The van der Waals surface area contributed by atoms with Crippen molar-refractivity contribution >= 4 is 6.09 Å². The van der Waals surface area contributed by atoms with Gasteiger partial charge in [-0.05, 0) is 18.4 Å². The first kappa shape index (κ1) is 15.3. The van der Waals surface area contributed by atoms with Crippen molar-refractivity contribution in [1.82, 2.24) is 4.90 Å². The first-order chi connectivity index (χ1) is 10.8. The molecule has 1 N–H and O–H groups in total. The van der Waals surface area contributed by atoms with Crippen LogP contribution in [0.15, 0.2) is 30.3 Å². The second-order valence-electron chi connectivity index (χ2n) is 6.04. The molecule has 1 aliphatic heterocycles. The summed E-state index contributed by atoms with van der Waals surface area (Å²) in [6.07, 6.45) is 2.12. The molecule has 5 heteroatoms. The molecule has 2 aliphatic rings. The number of morpholine rings is 1. The van der Waals surface area contributed by atoms with Gasteiger partial charge in [0.05, 0.1) is 25.4 Å². The van der Waals surface area contributed by atoms with Gasteiger partial charge in [-0.15, -0.1) is 0 Å². The third-order valence-electron chi connectivity index (χ3n) is 4.63. The SMILES string of the molecule is O=C(OCc1ccccc1)N1CCOCC1C1CCCC1O. The molecule has 3 rings (SSSR count). The van der Waals surface area contributed by atoms with Crippen LogP contribution >= 0.6 is 0 Å². The van der Waals surface area contributed by atoms with Crippen molar-refractivity contribution in [2.24, 2.45) is 5.92 Å². The topological polar surface area (TPSA) is 59.0 Å². The van der Waals surface area contributed by atoms with E-state index in [9.17, 15) is 9.90 Å². The first-order valence-corrected chi connectivity index (χ1v) is 7.99. The minimum Gasteiger partial charge on any atom is -0.445 e. The Morgan fingerprint density at radius 3 is 2.86 bits per heavy atom. The lowest BCUT2D eigenvalue weighted by Crippen LogP contribution is -2.53. The molecule has 3 unspecified atom stereocenters. The number of benzene rings is 1. The van der Waals surface area contributed by atoms with Gasteiger partial charge in [-0.1, -0.05) is 36.8 Å². The molecule has 0 spiro atoms. The van der Waals surface area contributed by atoms with E-state index in [2.05, 4.69) is 0 Å². The number of nitrogens with zero attached hydrogens (tertiary/aromatic N) is 1. The molecular formula is C17H23NO4. The minimum atomic E-state index is -0.337. The maximum atomic E-state index is 12.4. The zero-order valence-electron chi connectivity index (χ0n) is 12.7. The second-order valence-corrected chi connectivity index (χ2v) is 6.04. The van der Waals surface area contributed by atoms with Crippen LogP contribution < -0.4 is 0 Å². The van der Waals surface area contributed by atoms with E-state index in [1.165, 1.54) is 0 Å². The zero-order chi connectivity index (χ0) is 15.4. The fourth-order valence-corrected chi connectivity index (χ4v) is 3.42. The van der Waals surface area contributed by atoms with Crippen LogP contribution in [-0.4, -0.2) is 48.0 Å². The van der Waals surface area contributed by atoms with Crippen molar-refractivity contribution < 1.29 is 19.4 Å². The summed E-state index contributed by atoms with van der Waals surface area (Å²) in [7, 11) is 0. The molecule has 0 bridgehead atoms.